The van der Waals surface area contributed by atoms with E-state index in [1.54, 1.807) is 26.8 Å². The van der Waals surface area contributed by atoms with Gasteiger partial charge in [0.15, 0.2) is 11.7 Å². The van der Waals surface area contributed by atoms with Gasteiger partial charge in [-0.2, -0.15) is 0 Å². The Labute approximate surface area is 179 Å². The van der Waals surface area contributed by atoms with Crippen LogP contribution in [-0.4, -0.2) is 23.5 Å². The van der Waals surface area contributed by atoms with Gasteiger partial charge in [-0.05, 0) is 57.1 Å². The number of nitrogens with one attached hydrogen (secondary N) is 3. The zero-order chi connectivity index (χ0) is 20.2. The molecular weight excluding hydrogens is 498 g/mol. The number of hydrogen-bond donors (Lipinski definition) is 3. The summed E-state index contributed by atoms with van der Waals surface area (Å²) in [5.74, 6) is -0.147. The van der Waals surface area contributed by atoms with Crippen LogP contribution < -0.4 is 20.9 Å². The van der Waals surface area contributed by atoms with Crippen molar-refractivity contribution in [1.82, 2.24) is 16.2 Å². The Morgan fingerprint density at radius 3 is 2.48 bits per heavy atom. The summed E-state index contributed by atoms with van der Waals surface area (Å²) in [4.78, 5) is 23.7. The first-order chi connectivity index (χ1) is 12.6. The predicted molar refractivity (Wildman–Crippen MR) is 116 cm³/mol. The molecule has 0 spiro atoms. The zero-order valence-electron chi connectivity index (χ0n) is 15.0. The molecule has 0 unspecified atom stereocenters. The summed E-state index contributed by atoms with van der Waals surface area (Å²) in [6.45, 7) is 5.07. The van der Waals surface area contributed by atoms with E-state index in [0.29, 0.717) is 5.75 Å². The number of amides is 2. The minimum atomic E-state index is -0.587. The lowest BCUT2D eigenvalue weighted by Gasteiger charge is -2.18. The number of carbonyl (C=O) groups excluding carboxylic acids is 2. The Bertz CT molecular complexity index is 897. The molecule has 2 aromatic carbocycles. The fourth-order valence-corrected chi connectivity index (χ4v) is 3.11. The number of rotatable bonds is 3. The summed E-state index contributed by atoms with van der Waals surface area (Å²) in [6, 6.07) is 9.57. The van der Waals surface area contributed by atoms with Crippen molar-refractivity contribution in [2.45, 2.75) is 20.8 Å². The summed E-state index contributed by atoms with van der Waals surface area (Å²) in [6.07, 6.45) is 0. The second-order valence-electron chi connectivity index (χ2n) is 6.74. The van der Waals surface area contributed by atoms with E-state index in [-0.39, 0.29) is 17.6 Å². The molecule has 6 nitrogen and oxygen atoms in total. The zero-order valence-corrected chi connectivity index (χ0v) is 19.0. The molecule has 0 aliphatic rings. The van der Waals surface area contributed by atoms with E-state index < -0.39 is 11.3 Å². The molecule has 27 heavy (non-hydrogen) atoms. The van der Waals surface area contributed by atoms with Crippen LogP contribution in [0.1, 0.15) is 20.8 Å². The van der Waals surface area contributed by atoms with Gasteiger partial charge in [0.25, 0.3) is 5.91 Å². The topological polar surface area (TPSA) is 79.5 Å². The molecule has 0 aliphatic heterocycles. The van der Waals surface area contributed by atoms with Gasteiger partial charge in [-0.25, -0.2) is 0 Å². The molecule has 2 amide bonds. The van der Waals surface area contributed by atoms with E-state index in [2.05, 4.69) is 48.0 Å². The summed E-state index contributed by atoms with van der Waals surface area (Å²) >= 11 is 11.9. The van der Waals surface area contributed by atoms with Crippen molar-refractivity contribution in [2.24, 2.45) is 5.41 Å². The highest BCUT2D eigenvalue weighted by atomic mass is 79.9. The second-order valence-corrected chi connectivity index (χ2v) is 8.86. The minimum absolute atomic E-state index is 0.0146. The molecule has 0 aliphatic carbocycles. The standard InChI is InChI=1S/C18H19Br2N3O3S/c1-18(2,3)16(25)21-17(27)23-22-14(24)9-26-13-7-4-10-8-11(19)5-6-12(10)15(13)20/h4-8H,9H2,1-3H3,(H,22,24)(H2,21,23,25,27). The van der Waals surface area contributed by atoms with Crippen LogP contribution in [-0.2, 0) is 9.59 Å². The van der Waals surface area contributed by atoms with Crippen LogP contribution in [0.3, 0.4) is 0 Å². The predicted octanol–water partition coefficient (Wildman–Crippen LogP) is 3.81. The smallest absolute Gasteiger partial charge is 0.276 e. The first kappa shape index (κ1) is 21.6. The average molecular weight is 517 g/mol. The van der Waals surface area contributed by atoms with Gasteiger partial charge in [-0.3, -0.25) is 20.4 Å². The van der Waals surface area contributed by atoms with Crippen LogP contribution >= 0.6 is 44.1 Å². The maximum atomic E-state index is 11.9. The molecule has 0 aromatic heterocycles. The molecule has 0 bridgehead atoms. The van der Waals surface area contributed by atoms with Crippen LogP contribution in [0, 0.1) is 5.41 Å². The maximum absolute atomic E-state index is 11.9. The number of fused-ring (bicyclic) bond motifs is 1. The van der Waals surface area contributed by atoms with Gasteiger partial charge in [0.05, 0.1) is 4.47 Å². The van der Waals surface area contributed by atoms with E-state index in [4.69, 9.17) is 17.0 Å². The molecule has 3 N–H and O–H groups in total. The third kappa shape index (κ3) is 6.15. The monoisotopic (exact) mass is 515 g/mol. The molecule has 0 atom stereocenters. The number of benzene rings is 2. The van der Waals surface area contributed by atoms with E-state index >= 15 is 0 Å². The Morgan fingerprint density at radius 2 is 1.81 bits per heavy atom. The molecule has 2 rings (SSSR count). The molecule has 144 valence electrons. The molecule has 0 radical (unpaired) electrons. The van der Waals surface area contributed by atoms with Crippen LogP contribution in [0.2, 0.25) is 0 Å². The number of ether oxygens (including phenoxy) is 1. The Hall–Kier alpha value is -1.71. The lowest BCUT2D eigenvalue weighted by molar-refractivity contribution is -0.127. The quantitative estimate of drug-likeness (QED) is 0.427. The normalized spacial score (nSPS) is 11.0. The molecule has 2 aromatic rings. The van der Waals surface area contributed by atoms with Gasteiger partial charge >= 0.3 is 0 Å². The Kier molecular flexibility index (Phi) is 7.19. The van der Waals surface area contributed by atoms with E-state index in [9.17, 15) is 9.59 Å². The van der Waals surface area contributed by atoms with Gasteiger partial charge in [0, 0.05) is 9.89 Å². The fraction of sp³-hybridized carbons (Fsp3) is 0.278. The highest BCUT2D eigenvalue weighted by molar-refractivity contribution is 9.11. The van der Waals surface area contributed by atoms with Crippen molar-refractivity contribution in [2.75, 3.05) is 6.61 Å². The fourth-order valence-electron chi connectivity index (χ4n) is 1.98. The number of halogens is 2. The first-order valence-electron chi connectivity index (χ1n) is 7.99. The van der Waals surface area contributed by atoms with Crippen LogP contribution in [0.4, 0.5) is 0 Å². The summed E-state index contributed by atoms with van der Waals surface area (Å²) in [5, 5.41) is 4.52. The van der Waals surface area contributed by atoms with Crippen molar-refractivity contribution in [3.63, 3.8) is 0 Å². The lowest BCUT2D eigenvalue weighted by atomic mass is 9.96. The van der Waals surface area contributed by atoms with Crippen molar-refractivity contribution in [3.8, 4) is 5.75 Å². The van der Waals surface area contributed by atoms with Crippen LogP contribution in [0.15, 0.2) is 39.3 Å². The Balaban J connectivity index is 1.88. The highest BCUT2D eigenvalue weighted by Crippen LogP contribution is 2.34. The second kappa shape index (κ2) is 8.99. The van der Waals surface area contributed by atoms with Crippen molar-refractivity contribution < 1.29 is 14.3 Å². The number of hydrogen-bond acceptors (Lipinski definition) is 4. The number of hydrazine groups is 1. The SMILES string of the molecule is CC(C)(C)C(=O)NC(=S)NNC(=O)COc1ccc2cc(Br)ccc2c1Br. The molecule has 0 fully saturated rings. The van der Waals surface area contributed by atoms with Crippen LogP contribution in [0.5, 0.6) is 5.75 Å². The van der Waals surface area contributed by atoms with Crippen molar-refractivity contribution in [1.29, 1.82) is 0 Å². The largest absolute Gasteiger partial charge is 0.483 e. The summed E-state index contributed by atoms with van der Waals surface area (Å²) in [5.41, 5.74) is 4.27. The number of carbonyl (C=O) groups is 2. The van der Waals surface area contributed by atoms with Gasteiger partial charge in [0.1, 0.15) is 5.75 Å². The first-order valence-corrected chi connectivity index (χ1v) is 9.98. The van der Waals surface area contributed by atoms with Gasteiger partial charge in [0.2, 0.25) is 5.91 Å². The van der Waals surface area contributed by atoms with Gasteiger partial charge in [-0.15, -0.1) is 0 Å². The summed E-state index contributed by atoms with van der Waals surface area (Å²) < 4.78 is 7.31. The van der Waals surface area contributed by atoms with E-state index in [1.807, 2.05) is 24.3 Å². The van der Waals surface area contributed by atoms with E-state index in [0.717, 1.165) is 19.7 Å². The van der Waals surface area contributed by atoms with Gasteiger partial charge < -0.3 is 10.1 Å². The number of thiocarbonyl (C=S) groups is 1. The molecule has 0 saturated carbocycles. The summed E-state index contributed by atoms with van der Waals surface area (Å²) in [7, 11) is 0. The van der Waals surface area contributed by atoms with Crippen molar-refractivity contribution >= 4 is 71.8 Å². The highest BCUT2D eigenvalue weighted by Gasteiger charge is 2.22. The molecule has 0 saturated heterocycles. The molecule has 0 heterocycles. The van der Waals surface area contributed by atoms with Gasteiger partial charge in [-0.1, -0.05) is 48.8 Å². The third-order valence-corrected chi connectivity index (χ3v) is 4.98. The average Bonchev–Trinajstić information content (AvgIpc) is 2.58. The van der Waals surface area contributed by atoms with E-state index in [1.165, 1.54) is 0 Å². The lowest BCUT2D eigenvalue weighted by Crippen LogP contribution is -2.51. The van der Waals surface area contributed by atoms with Crippen LogP contribution in [0.25, 0.3) is 10.8 Å². The maximum Gasteiger partial charge on any atom is 0.276 e. The minimum Gasteiger partial charge on any atom is -0.483 e. The molecule has 9 heteroatoms. The Morgan fingerprint density at radius 1 is 1.11 bits per heavy atom. The third-order valence-electron chi connectivity index (χ3n) is 3.46. The molecular formula is C18H19Br2N3O3S. The van der Waals surface area contributed by atoms with Crippen molar-refractivity contribution in [3.05, 3.63) is 39.3 Å².